The SMILES string of the molecule is Cc1ccc(F)cc1C(NN)c1cccc(OC(C)C)c1. The molecular formula is C17H21FN2O. The third-order valence-electron chi connectivity index (χ3n) is 3.28. The van der Waals surface area contributed by atoms with Gasteiger partial charge in [-0.15, -0.1) is 0 Å². The van der Waals surface area contributed by atoms with E-state index in [9.17, 15) is 4.39 Å². The lowest BCUT2D eigenvalue weighted by molar-refractivity contribution is 0.242. The van der Waals surface area contributed by atoms with E-state index < -0.39 is 0 Å². The summed E-state index contributed by atoms with van der Waals surface area (Å²) in [4.78, 5) is 0. The van der Waals surface area contributed by atoms with Crippen molar-refractivity contribution in [3.05, 3.63) is 65.0 Å². The third kappa shape index (κ3) is 3.80. The van der Waals surface area contributed by atoms with E-state index in [1.54, 1.807) is 6.07 Å². The van der Waals surface area contributed by atoms with E-state index in [4.69, 9.17) is 10.6 Å². The summed E-state index contributed by atoms with van der Waals surface area (Å²) in [6, 6.07) is 12.1. The van der Waals surface area contributed by atoms with Gasteiger partial charge in [-0.25, -0.2) is 9.82 Å². The Morgan fingerprint density at radius 2 is 1.90 bits per heavy atom. The average Bonchev–Trinajstić information content (AvgIpc) is 2.43. The highest BCUT2D eigenvalue weighted by Gasteiger charge is 2.16. The van der Waals surface area contributed by atoms with E-state index >= 15 is 0 Å². The van der Waals surface area contributed by atoms with Crippen molar-refractivity contribution in [1.29, 1.82) is 0 Å². The maximum atomic E-state index is 13.5. The van der Waals surface area contributed by atoms with Crippen molar-refractivity contribution in [3.8, 4) is 5.75 Å². The number of hydrazine groups is 1. The monoisotopic (exact) mass is 288 g/mol. The molecule has 2 rings (SSSR count). The summed E-state index contributed by atoms with van der Waals surface area (Å²) in [6.45, 7) is 5.89. The Labute approximate surface area is 124 Å². The fourth-order valence-corrected chi connectivity index (χ4v) is 2.33. The summed E-state index contributed by atoms with van der Waals surface area (Å²) in [5.41, 5.74) is 5.50. The molecule has 0 aliphatic carbocycles. The maximum absolute atomic E-state index is 13.5. The predicted molar refractivity (Wildman–Crippen MR) is 82.5 cm³/mol. The molecule has 112 valence electrons. The standard InChI is InChI=1S/C17H21FN2O/c1-11(2)21-15-6-4-5-13(9-15)17(20-19)16-10-14(18)8-7-12(16)3/h4-11,17,20H,19H2,1-3H3. The lowest BCUT2D eigenvalue weighted by Crippen LogP contribution is -2.29. The summed E-state index contributed by atoms with van der Waals surface area (Å²) >= 11 is 0. The molecule has 0 spiro atoms. The van der Waals surface area contributed by atoms with E-state index in [2.05, 4.69) is 5.43 Å². The minimum Gasteiger partial charge on any atom is -0.491 e. The van der Waals surface area contributed by atoms with Crippen LogP contribution in [-0.2, 0) is 0 Å². The van der Waals surface area contributed by atoms with Crippen LogP contribution in [0.3, 0.4) is 0 Å². The molecule has 0 aliphatic rings. The molecular weight excluding hydrogens is 267 g/mol. The van der Waals surface area contributed by atoms with E-state index in [0.29, 0.717) is 0 Å². The molecule has 1 unspecified atom stereocenters. The highest BCUT2D eigenvalue weighted by molar-refractivity contribution is 5.40. The second-order valence-corrected chi connectivity index (χ2v) is 5.34. The van der Waals surface area contributed by atoms with Gasteiger partial charge < -0.3 is 4.74 Å². The second kappa shape index (κ2) is 6.70. The van der Waals surface area contributed by atoms with E-state index in [1.807, 2.05) is 45.0 Å². The minimum atomic E-state index is -0.281. The number of rotatable bonds is 5. The van der Waals surface area contributed by atoms with Crippen LogP contribution in [0.1, 0.15) is 36.6 Å². The minimum absolute atomic E-state index is 0.0976. The number of benzene rings is 2. The Balaban J connectivity index is 2.39. The summed E-state index contributed by atoms with van der Waals surface area (Å²) in [7, 11) is 0. The molecule has 0 aromatic heterocycles. The molecule has 2 aromatic rings. The smallest absolute Gasteiger partial charge is 0.123 e. The molecule has 0 radical (unpaired) electrons. The van der Waals surface area contributed by atoms with Gasteiger partial charge in [-0.3, -0.25) is 5.84 Å². The summed E-state index contributed by atoms with van der Waals surface area (Å²) < 4.78 is 19.2. The van der Waals surface area contributed by atoms with Gasteiger partial charge in [0.2, 0.25) is 0 Å². The number of ether oxygens (including phenoxy) is 1. The first-order chi connectivity index (χ1) is 10.0. The lowest BCUT2D eigenvalue weighted by atomic mass is 9.95. The number of halogens is 1. The zero-order valence-electron chi connectivity index (χ0n) is 12.6. The van der Waals surface area contributed by atoms with Gasteiger partial charge in [0.1, 0.15) is 11.6 Å². The molecule has 0 aliphatic heterocycles. The summed E-state index contributed by atoms with van der Waals surface area (Å²) in [5.74, 6) is 6.20. The molecule has 1 atom stereocenters. The number of hydrogen-bond acceptors (Lipinski definition) is 3. The largest absolute Gasteiger partial charge is 0.491 e. The quantitative estimate of drug-likeness (QED) is 0.654. The van der Waals surface area contributed by atoms with Gasteiger partial charge in [-0.1, -0.05) is 18.2 Å². The molecule has 0 saturated carbocycles. The van der Waals surface area contributed by atoms with Crippen molar-refractivity contribution in [2.45, 2.75) is 32.9 Å². The highest BCUT2D eigenvalue weighted by atomic mass is 19.1. The fraction of sp³-hybridized carbons (Fsp3) is 0.294. The van der Waals surface area contributed by atoms with Gasteiger partial charge in [0.15, 0.2) is 0 Å². The zero-order chi connectivity index (χ0) is 15.4. The van der Waals surface area contributed by atoms with E-state index in [0.717, 1.165) is 22.4 Å². The van der Waals surface area contributed by atoms with E-state index in [-0.39, 0.29) is 18.0 Å². The number of hydrogen-bond donors (Lipinski definition) is 2. The van der Waals surface area contributed by atoms with Crippen LogP contribution in [0.5, 0.6) is 5.75 Å². The summed E-state index contributed by atoms with van der Waals surface area (Å²) in [6.07, 6.45) is 0.0976. The van der Waals surface area contributed by atoms with Crippen LogP contribution in [0.2, 0.25) is 0 Å². The molecule has 4 heteroatoms. The number of nitrogens with one attached hydrogen (secondary N) is 1. The van der Waals surface area contributed by atoms with Crippen LogP contribution in [0.15, 0.2) is 42.5 Å². The lowest BCUT2D eigenvalue weighted by Gasteiger charge is -2.20. The molecule has 0 fully saturated rings. The van der Waals surface area contributed by atoms with Crippen LogP contribution < -0.4 is 16.0 Å². The topological polar surface area (TPSA) is 47.3 Å². The Bertz CT molecular complexity index is 613. The van der Waals surface area contributed by atoms with Gasteiger partial charge in [0.05, 0.1) is 12.1 Å². The van der Waals surface area contributed by atoms with Crippen LogP contribution in [0.25, 0.3) is 0 Å². The van der Waals surface area contributed by atoms with Gasteiger partial charge >= 0.3 is 0 Å². The first kappa shape index (κ1) is 15.5. The summed E-state index contributed by atoms with van der Waals surface area (Å²) in [5, 5.41) is 0. The van der Waals surface area contributed by atoms with Crippen molar-refractivity contribution in [1.82, 2.24) is 5.43 Å². The zero-order valence-corrected chi connectivity index (χ0v) is 12.6. The molecule has 0 saturated heterocycles. The molecule has 3 nitrogen and oxygen atoms in total. The first-order valence-corrected chi connectivity index (χ1v) is 7.00. The van der Waals surface area contributed by atoms with Crippen molar-refractivity contribution < 1.29 is 9.13 Å². The highest BCUT2D eigenvalue weighted by Crippen LogP contribution is 2.27. The second-order valence-electron chi connectivity index (χ2n) is 5.34. The molecule has 21 heavy (non-hydrogen) atoms. The Morgan fingerprint density at radius 1 is 1.14 bits per heavy atom. The van der Waals surface area contributed by atoms with Crippen LogP contribution in [0, 0.1) is 12.7 Å². The van der Waals surface area contributed by atoms with Crippen molar-refractivity contribution >= 4 is 0 Å². The van der Waals surface area contributed by atoms with Crippen molar-refractivity contribution in [2.75, 3.05) is 0 Å². The van der Waals surface area contributed by atoms with Crippen molar-refractivity contribution in [3.63, 3.8) is 0 Å². The van der Waals surface area contributed by atoms with Crippen LogP contribution in [0.4, 0.5) is 4.39 Å². The average molecular weight is 288 g/mol. The Kier molecular flexibility index (Phi) is 4.94. The molecule has 0 amide bonds. The molecule has 0 bridgehead atoms. The maximum Gasteiger partial charge on any atom is 0.123 e. The van der Waals surface area contributed by atoms with Gasteiger partial charge in [-0.2, -0.15) is 0 Å². The Morgan fingerprint density at radius 3 is 2.57 bits per heavy atom. The van der Waals surface area contributed by atoms with Gasteiger partial charge in [0.25, 0.3) is 0 Å². The fourth-order valence-electron chi connectivity index (χ4n) is 2.33. The van der Waals surface area contributed by atoms with Gasteiger partial charge in [-0.05, 0) is 61.7 Å². The first-order valence-electron chi connectivity index (χ1n) is 7.00. The number of nitrogens with two attached hydrogens (primary N) is 1. The molecule has 0 heterocycles. The van der Waals surface area contributed by atoms with Crippen LogP contribution in [-0.4, -0.2) is 6.10 Å². The molecule has 3 N–H and O–H groups in total. The van der Waals surface area contributed by atoms with Gasteiger partial charge in [0, 0.05) is 0 Å². The van der Waals surface area contributed by atoms with Crippen molar-refractivity contribution in [2.24, 2.45) is 5.84 Å². The normalized spacial score (nSPS) is 12.5. The predicted octanol–water partition coefficient (Wildman–Crippen LogP) is 3.47. The number of aryl methyl sites for hydroxylation is 1. The third-order valence-corrected chi connectivity index (χ3v) is 3.28. The van der Waals surface area contributed by atoms with Crippen LogP contribution >= 0.6 is 0 Å². The Hall–Kier alpha value is -1.91. The molecule has 2 aromatic carbocycles. The van der Waals surface area contributed by atoms with E-state index in [1.165, 1.54) is 12.1 Å².